The molecule has 0 radical (unpaired) electrons. The van der Waals surface area contributed by atoms with E-state index in [1.165, 1.54) is 27.7 Å². The second kappa shape index (κ2) is 5.29. The maximum Gasteiger partial charge on any atom is 0.123 e. The van der Waals surface area contributed by atoms with E-state index in [0.29, 0.717) is 0 Å². The van der Waals surface area contributed by atoms with Crippen molar-refractivity contribution >= 4 is 29.5 Å². The molecule has 3 rings (SSSR count). The summed E-state index contributed by atoms with van der Waals surface area (Å²) in [5, 5.41) is 0. The molecule has 0 saturated heterocycles. The van der Waals surface area contributed by atoms with Gasteiger partial charge in [-0.05, 0) is 71.4 Å². The normalized spacial score (nSPS) is 15.3. The summed E-state index contributed by atoms with van der Waals surface area (Å²) in [5.41, 5.74) is 5.60. The van der Waals surface area contributed by atoms with Gasteiger partial charge in [-0.15, -0.1) is 11.8 Å². The molecule has 20 heavy (non-hydrogen) atoms. The van der Waals surface area contributed by atoms with E-state index in [1.54, 1.807) is 17.8 Å². The highest BCUT2D eigenvalue weighted by molar-refractivity contribution is 7.98. The molecule has 0 bridgehead atoms. The smallest absolute Gasteiger partial charge is 0.123 e. The fraction of sp³-hybridized carbons (Fsp3) is 0.111. The average Bonchev–Trinajstić information content (AvgIpc) is 2.75. The fourth-order valence-electron chi connectivity index (χ4n) is 2.48. The Morgan fingerprint density at radius 2 is 1.80 bits per heavy atom. The van der Waals surface area contributed by atoms with Gasteiger partial charge in [0.2, 0.25) is 0 Å². The monoisotopic (exact) mass is 282 g/mol. The van der Waals surface area contributed by atoms with Gasteiger partial charge in [0.05, 0.1) is 0 Å². The molecule has 0 atom stereocenters. The lowest BCUT2D eigenvalue weighted by Gasteiger charge is -2.05. The molecule has 0 nitrogen and oxygen atoms in total. The van der Waals surface area contributed by atoms with Crippen LogP contribution in [0.2, 0.25) is 0 Å². The van der Waals surface area contributed by atoms with Crippen molar-refractivity contribution in [2.45, 2.75) is 11.8 Å². The molecule has 0 fully saturated rings. The van der Waals surface area contributed by atoms with Crippen molar-refractivity contribution in [3.8, 4) is 0 Å². The van der Waals surface area contributed by atoms with Gasteiger partial charge in [0.15, 0.2) is 0 Å². The van der Waals surface area contributed by atoms with Crippen LogP contribution in [0, 0.1) is 5.82 Å². The molecule has 0 unspecified atom stereocenters. The van der Waals surface area contributed by atoms with E-state index >= 15 is 0 Å². The largest absolute Gasteiger partial charge is 0.207 e. The van der Waals surface area contributed by atoms with E-state index in [4.69, 9.17) is 0 Å². The summed E-state index contributed by atoms with van der Waals surface area (Å²) in [5.74, 6) is -0.182. The van der Waals surface area contributed by atoms with Crippen molar-refractivity contribution < 1.29 is 4.39 Å². The van der Waals surface area contributed by atoms with Gasteiger partial charge >= 0.3 is 0 Å². The highest BCUT2D eigenvalue weighted by Gasteiger charge is 2.16. The topological polar surface area (TPSA) is 0 Å². The Kier molecular flexibility index (Phi) is 3.49. The van der Waals surface area contributed by atoms with Gasteiger partial charge in [-0.1, -0.05) is 24.3 Å². The van der Waals surface area contributed by atoms with Crippen LogP contribution in [0.15, 0.2) is 52.9 Å². The van der Waals surface area contributed by atoms with Gasteiger partial charge in [-0.3, -0.25) is 0 Å². The predicted molar refractivity (Wildman–Crippen MR) is 86.1 cm³/mol. The van der Waals surface area contributed by atoms with Gasteiger partial charge in [0.25, 0.3) is 0 Å². The summed E-state index contributed by atoms with van der Waals surface area (Å²) in [7, 11) is 0. The minimum atomic E-state index is -0.182. The first-order valence-corrected chi connectivity index (χ1v) is 7.74. The summed E-state index contributed by atoms with van der Waals surface area (Å²) in [6.07, 6.45) is 6.28. The molecule has 100 valence electrons. The molecule has 0 spiro atoms. The second-order valence-corrected chi connectivity index (χ2v) is 5.77. The average molecular weight is 282 g/mol. The van der Waals surface area contributed by atoms with Crippen LogP contribution in [0.25, 0.3) is 17.7 Å². The minimum Gasteiger partial charge on any atom is -0.207 e. The number of hydrogen-bond donors (Lipinski definition) is 0. The van der Waals surface area contributed by atoms with Crippen LogP contribution < -0.4 is 0 Å². The molecule has 0 amide bonds. The molecule has 0 saturated carbocycles. The number of allylic oxidation sites excluding steroid dienone is 2. The Labute approximate surface area is 123 Å². The summed E-state index contributed by atoms with van der Waals surface area (Å²) in [6, 6.07) is 13.5. The Morgan fingerprint density at radius 3 is 2.50 bits per heavy atom. The third-order valence-electron chi connectivity index (χ3n) is 3.53. The van der Waals surface area contributed by atoms with Gasteiger partial charge in [-0.25, -0.2) is 4.39 Å². The zero-order chi connectivity index (χ0) is 14.1. The number of benzene rings is 2. The molecule has 0 aromatic heterocycles. The van der Waals surface area contributed by atoms with Crippen LogP contribution in [0.4, 0.5) is 4.39 Å². The van der Waals surface area contributed by atoms with Crippen molar-refractivity contribution in [3.05, 3.63) is 70.5 Å². The first kappa shape index (κ1) is 13.2. The predicted octanol–water partition coefficient (Wildman–Crippen LogP) is 5.51. The van der Waals surface area contributed by atoms with Gasteiger partial charge < -0.3 is 0 Å². The van der Waals surface area contributed by atoms with Crippen LogP contribution in [0.3, 0.4) is 0 Å². The van der Waals surface area contributed by atoms with Gasteiger partial charge in [0.1, 0.15) is 5.82 Å². The van der Waals surface area contributed by atoms with Crippen LogP contribution in [-0.4, -0.2) is 6.26 Å². The fourth-order valence-corrected chi connectivity index (χ4v) is 2.89. The SMILES string of the molecule is CSc1ccc(C=C2C(C)=Cc3cc(F)ccc32)cc1. The molecular formula is C18H15FS. The highest BCUT2D eigenvalue weighted by Crippen LogP contribution is 2.36. The van der Waals surface area contributed by atoms with E-state index in [2.05, 4.69) is 43.5 Å². The van der Waals surface area contributed by atoms with E-state index in [9.17, 15) is 4.39 Å². The zero-order valence-electron chi connectivity index (χ0n) is 11.5. The highest BCUT2D eigenvalue weighted by atomic mass is 32.2. The molecule has 0 N–H and O–H groups in total. The van der Waals surface area contributed by atoms with Crippen molar-refractivity contribution in [3.63, 3.8) is 0 Å². The lowest BCUT2D eigenvalue weighted by atomic mass is 10.0. The van der Waals surface area contributed by atoms with E-state index in [-0.39, 0.29) is 5.82 Å². The van der Waals surface area contributed by atoms with E-state index < -0.39 is 0 Å². The Hall–Kier alpha value is -1.80. The summed E-state index contributed by atoms with van der Waals surface area (Å²) < 4.78 is 13.3. The van der Waals surface area contributed by atoms with Crippen molar-refractivity contribution in [1.29, 1.82) is 0 Å². The lowest BCUT2D eigenvalue weighted by molar-refractivity contribution is 0.627. The van der Waals surface area contributed by atoms with Crippen molar-refractivity contribution in [2.24, 2.45) is 0 Å². The number of thioether (sulfide) groups is 1. The molecule has 1 aliphatic rings. The van der Waals surface area contributed by atoms with Crippen molar-refractivity contribution in [2.75, 3.05) is 6.26 Å². The minimum absolute atomic E-state index is 0.182. The third-order valence-corrected chi connectivity index (χ3v) is 4.27. The maximum atomic E-state index is 13.3. The molecule has 1 aliphatic carbocycles. The first-order valence-electron chi connectivity index (χ1n) is 6.52. The molecular weight excluding hydrogens is 267 g/mol. The van der Waals surface area contributed by atoms with Crippen LogP contribution >= 0.6 is 11.8 Å². The van der Waals surface area contributed by atoms with E-state index in [1.807, 2.05) is 12.1 Å². The third kappa shape index (κ3) is 2.44. The molecule has 2 aromatic rings. The van der Waals surface area contributed by atoms with Crippen molar-refractivity contribution in [1.82, 2.24) is 0 Å². The zero-order valence-corrected chi connectivity index (χ0v) is 12.3. The van der Waals surface area contributed by atoms with Crippen LogP contribution in [0.5, 0.6) is 0 Å². The maximum absolute atomic E-state index is 13.3. The first-order chi connectivity index (χ1) is 9.67. The number of hydrogen-bond acceptors (Lipinski definition) is 1. The molecule has 2 aromatic carbocycles. The summed E-state index contributed by atoms with van der Waals surface area (Å²) in [6.45, 7) is 2.07. The Bertz CT molecular complexity index is 709. The Morgan fingerprint density at radius 1 is 1.05 bits per heavy atom. The number of rotatable bonds is 2. The standard InChI is InChI=1S/C18H15FS/c1-12-9-14-11-15(19)5-8-17(14)18(12)10-13-3-6-16(20-2)7-4-13/h3-11H,1-2H3. The number of halogens is 1. The summed E-state index contributed by atoms with van der Waals surface area (Å²) in [4.78, 5) is 1.26. The Balaban J connectivity index is 2.02. The van der Waals surface area contributed by atoms with E-state index in [0.717, 1.165) is 11.1 Å². The second-order valence-electron chi connectivity index (χ2n) is 4.89. The van der Waals surface area contributed by atoms with Gasteiger partial charge in [0, 0.05) is 4.90 Å². The van der Waals surface area contributed by atoms with Gasteiger partial charge in [-0.2, -0.15) is 0 Å². The number of fused-ring (bicyclic) bond motifs is 1. The van der Waals surface area contributed by atoms with Crippen LogP contribution in [0.1, 0.15) is 23.6 Å². The molecule has 0 heterocycles. The molecule has 0 aliphatic heterocycles. The van der Waals surface area contributed by atoms with Crippen LogP contribution in [-0.2, 0) is 0 Å². The molecule has 2 heteroatoms. The quantitative estimate of drug-likeness (QED) is 0.655. The lowest BCUT2D eigenvalue weighted by Crippen LogP contribution is -1.85. The summed E-state index contributed by atoms with van der Waals surface area (Å²) >= 11 is 1.74.